The average Bonchev–Trinajstić information content (AvgIpc) is 2.37. The van der Waals surface area contributed by atoms with Crippen LogP contribution in [0.2, 0.25) is 0 Å². The van der Waals surface area contributed by atoms with Gasteiger partial charge in [0, 0.05) is 12.6 Å². The topological polar surface area (TPSA) is 106 Å². The fourth-order valence-corrected chi connectivity index (χ4v) is 1.29. The third-order valence-electron chi connectivity index (χ3n) is 2.14. The minimum atomic E-state index is -1.11. The highest BCUT2D eigenvalue weighted by Crippen LogP contribution is 2.07. The van der Waals surface area contributed by atoms with Gasteiger partial charge < -0.3 is 15.2 Å². The molecule has 0 spiro atoms. The second-order valence-electron chi connectivity index (χ2n) is 3.59. The average molecular weight is 266 g/mol. The van der Waals surface area contributed by atoms with Crippen LogP contribution in [-0.2, 0) is 14.3 Å². The molecule has 0 saturated heterocycles. The number of nitrogens with one attached hydrogen (secondary N) is 1. The number of carbonyl (C=O) groups excluding carboxylic acids is 2. The Hall–Kier alpha value is -2.44. The molecule has 1 aromatic heterocycles. The Morgan fingerprint density at radius 1 is 1.37 bits per heavy atom. The quantitative estimate of drug-likeness (QED) is 0.746. The third kappa shape index (κ3) is 5.15. The maximum absolute atomic E-state index is 11.5. The summed E-state index contributed by atoms with van der Waals surface area (Å²) in [7, 11) is 0. The lowest BCUT2D eigenvalue weighted by Gasteiger charge is -2.05. The zero-order valence-corrected chi connectivity index (χ0v) is 10.4. The van der Waals surface area contributed by atoms with Crippen LogP contribution in [-0.4, -0.2) is 34.5 Å². The number of aromatic carboxylic acids is 1. The van der Waals surface area contributed by atoms with Gasteiger partial charge in [0.25, 0.3) is 0 Å². The van der Waals surface area contributed by atoms with E-state index in [4.69, 9.17) is 5.11 Å². The number of carboxylic acids is 1. The summed E-state index contributed by atoms with van der Waals surface area (Å²) in [6.45, 7) is 1.95. The van der Waals surface area contributed by atoms with Crippen LogP contribution in [0.25, 0.3) is 0 Å². The summed E-state index contributed by atoms with van der Waals surface area (Å²) in [6.07, 6.45) is 1.21. The van der Waals surface area contributed by atoms with Crippen molar-refractivity contribution >= 4 is 23.7 Å². The van der Waals surface area contributed by atoms with E-state index in [1.165, 1.54) is 18.3 Å². The molecule has 1 aromatic rings. The van der Waals surface area contributed by atoms with E-state index in [0.717, 1.165) is 0 Å². The smallest absolute Gasteiger partial charge is 0.335 e. The molecular formula is C12H14N2O5. The number of hydrogen-bond donors (Lipinski definition) is 2. The van der Waals surface area contributed by atoms with Crippen molar-refractivity contribution in [1.82, 2.24) is 4.98 Å². The van der Waals surface area contributed by atoms with Gasteiger partial charge in [-0.05, 0) is 19.1 Å². The Balaban J connectivity index is 2.50. The van der Waals surface area contributed by atoms with Crippen molar-refractivity contribution in [3.63, 3.8) is 0 Å². The van der Waals surface area contributed by atoms with Crippen molar-refractivity contribution in [3.05, 3.63) is 23.9 Å². The number of carboxylic acid groups (broad SMARTS) is 1. The summed E-state index contributed by atoms with van der Waals surface area (Å²) in [5.41, 5.74) is 0.0238. The van der Waals surface area contributed by atoms with Crippen LogP contribution in [0.3, 0.4) is 0 Å². The molecule has 0 aliphatic rings. The van der Waals surface area contributed by atoms with Crippen molar-refractivity contribution in [2.75, 3.05) is 11.9 Å². The SMILES string of the molecule is CCOC(=O)CCC(=O)Nc1cc(C(=O)O)ccn1. The molecule has 0 radical (unpaired) electrons. The molecule has 0 atom stereocenters. The van der Waals surface area contributed by atoms with Crippen molar-refractivity contribution < 1.29 is 24.2 Å². The number of rotatable bonds is 6. The Morgan fingerprint density at radius 2 is 2.11 bits per heavy atom. The van der Waals surface area contributed by atoms with Gasteiger partial charge >= 0.3 is 11.9 Å². The molecule has 0 saturated carbocycles. The van der Waals surface area contributed by atoms with E-state index in [2.05, 4.69) is 15.0 Å². The molecule has 7 nitrogen and oxygen atoms in total. The highest BCUT2D eigenvalue weighted by Gasteiger charge is 2.10. The lowest BCUT2D eigenvalue weighted by molar-refractivity contribution is -0.144. The molecule has 0 fully saturated rings. The number of ether oxygens (including phenoxy) is 1. The van der Waals surface area contributed by atoms with Crippen molar-refractivity contribution in [2.24, 2.45) is 0 Å². The molecule has 19 heavy (non-hydrogen) atoms. The summed E-state index contributed by atoms with van der Waals surface area (Å²) in [6, 6.07) is 2.56. The normalized spacial score (nSPS) is 9.74. The maximum atomic E-state index is 11.5. The zero-order chi connectivity index (χ0) is 14.3. The molecule has 0 aromatic carbocycles. The number of carbonyl (C=O) groups is 3. The van der Waals surface area contributed by atoms with Gasteiger partial charge in [-0.15, -0.1) is 0 Å². The largest absolute Gasteiger partial charge is 0.478 e. The van der Waals surface area contributed by atoms with E-state index in [0.29, 0.717) is 0 Å². The second-order valence-corrected chi connectivity index (χ2v) is 3.59. The second kappa shape index (κ2) is 7.10. The molecule has 1 heterocycles. The number of amides is 1. The standard InChI is InChI=1S/C12H14N2O5/c1-2-19-11(16)4-3-10(15)14-9-7-8(12(17)18)5-6-13-9/h5-7H,2-4H2,1H3,(H,17,18)(H,13,14,15). The fraction of sp³-hybridized carbons (Fsp3) is 0.333. The monoisotopic (exact) mass is 266 g/mol. The van der Waals surface area contributed by atoms with Crippen molar-refractivity contribution in [2.45, 2.75) is 19.8 Å². The predicted octanol–water partition coefficient (Wildman–Crippen LogP) is 1.06. The highest BCUT2D eigenvalue weighted by atomic mass is 16.5. The summed E-state index contributed by atoms with van der Waals surface area (Å²) in [5, 5.41) is 11.2. The van der Waals surface area contributed by atoms with Gasteiger partial charge in [0.1, 0.15) is 5.82 Å². The molecule has 1 rings (SSSR count). The van der Waals surface area contributed by atoms with Crippen LogP contribution >= 0.6 is 0 Å². The molecule has 0 bridgehead atoms. The first-order chi connectivity index (χ1) is 9.02. The van der Waals surface area contributed by atoms with Gasteiger partial charge in [0.15, 0.2) is 0 Å². The van der Waals surface area contributed by atoms with Crippen LogP contribution in [0, 0.1) is 0 Å². The van der Waals surface area contributed by atoms with Crippen LogP contribution in [0.1, 0.15) is 30.1 Å². The van der Waals surface area contributed by atoms with E-state index in [1.54, 1.807) is 6.92 Å². The first-order valence-electron chi connectivity index (χ1n) is 5.67. The summed E-state index contributed by atoms with van der Waals surface area (Å²) < 4.78 is 4.68. The van der Waals surface area contributed by atoms with Gasteiger partial charge in [-0.25, -0.2) is 9.78 Å². The Morgan fingerprint density at radius 3 is 2.74 bits per heavy atom. The molecule has 0 aliphatic heterocycles. The number of pyridine rings is 1. The number of nitrogens with zero attached hydrogens (tertiary/aromatic N) is 1. The van der Waals surface area contributed by atoms with Gasteiger partial charge in [-0.1, -0.05) is 0 Å². The Kier molecular flexibility index (Phi) is 5.46. The minimum Gasteiger partial charge on any atom is -0.478 e. The van der Waals surface area contributed by atoms with Crippen LogP contribution in [0.4, 0.5) is 5.82 Å². The molecule has 0 unspecified atom stereocenters. The molecule has 0 aliphatic carbocycles. The number of esters is 1. The third-order valence-corrected chi connectivity index (χ3v) is 2.14. The Labute approximate surface area is 109 Å². The van der Waals surface area contributed by atoms with Crippen molar-refractivity contribution in [1.29, 1.82) is 0 Å². The maximum Gasteiger partial charge on any atom is 0.335 e. The molecule has 2 N–H and O–H groups in total. The van der Waals surface area contributed by atoms with E-state index in [1.807, 2.05) is 0 Å². The zero-order valence-electron chi connectivity index (χ0n) is 10.4. The number of hydrogen-bond acceptors (Lipinski definition) is 5. The van der Waals surface area contributed by atoms with Gasteiger partial charge in [-0.3, -0.25) is 9.59 Å². The fourth-order valence-electron chi connectivity index (χ4n) is 1.29. The summed E-state index contributed by atoms with van der Waals surface area (Å²) >= 11 is 0. The first kappa shape index (κ1) is 14.6. The Bertz CT molecular complexity index is 487. The van der Waals surface area contributed by atoms with Crippen LogP contribution < -0.4 is 5.32 Å². The van der Waals surface area contributed by atoms with E-state index in [9.17, 15) is 14.4 Å². The molecule has 1 amide bonds. The highest BCUT2D eigenvalue weighted by molar-refractivity contribution is 5.93. The predicted molar refractivity (Wildman–Crippen MR) is 65.7 cm³/mol. The summed E-state index contributed by atoms with van der Waals surface area (Å²) in [4.78, 5) is 37.1. The van der Waals surface area contributed by atoms with Gasteiger partial charge in [-0.2, -0.15) is 0 Å². The van der Waals surface area contributed by atoms with E-state index < -0.39 is 17.8 Å². The number of anilines is 1. The number of aromatic nitrogens is 1. The van der Waals surface area contributed by atoms with Crippen LogP contribution in [0.15, 0.2) is 18.3 Å². The lowest BCUT2D eigenvalue weighted by atomic mass is 10.2. The van der Waals surface area contributed by atoms with Gasteiger partial charge in [0.05, 0.1) is 18.6 Å². The first-order valence-corrected chi connectivity index (χ1v) is 5.67. The van der Waals surface area contributed by atoms with Crippen molar-refractivity contribution in [3.8, 4) is 0 Å². The molecular weight excluding hydrogens is 252 g/mol. The van der Waals surface area contributed by atoms with Crippen LogP contribution in [0.5, 0.6) is 0 Å². The van der Waals surface area contributed by atoms with E-state index in [-0.39, 0.29) is 30.8 Å². The lowest BCUT2D eigenvalue weighted by Crippen LogP contribution is -2.15. The summed E-state index contributed by atoms with van der Waals surface area (Å²) in [5.74, 6) is -1.86. The minimum absolute atomic E-state index is 0.0238. The van der Waals surface area contributed by atoms with Gasteiger partial charge in [0.2, 0.25) is 5.91 Å². The molecule has 7 heteroatoms. The molecule has 102 valence electrons. The van der Waals surface area contributed by atoms with E-state index >= 15 is 0 Å².